The second-order valence-corrected chi connectivity index (χ2v) is 7.38. The lowest BCUT2D eigenvalue weighted by molar-refractivity contribution is -0.136. The summed E-state index contributed by atoms with van der Waals surface area (Å²) >= 11 is 0. The topological polar surface area (TPSA) is 81.0 Å². The van der Waals surface area contributed by atoms with E-state index in [0.29, 0.717) is 29.4 Å². The molecule has 3 aromatic rings. The van der Waals surface area contributed by atoms with Crippen molar-refractivity contribution in [3.63, 3.8) is 0 Å². The normalized spacial score (nSPS) is 16.0. The van der Waals surface area contributed by atoms with Gasteiger partial charge in [-0.2, -0.15) is 5.10 Å². The lowest BCUT2D eigenvalue weighted by Crippen LogP contribution is -2.27. The monoisotopic (exact) mass is 450 g/mol. The van der Waals surface area contributed by atoms with Crippen molar-refractivity contribution < 1.29 is 28.5 Å². The van der Waals surface area contributed by atoms with Crippen LogP contribution in [-0.2, 0) is 14.3 Å². The third-order valence-electron chi connectivity index (χ3n) is 5.51. The molecular weight excluding hydrogens is 424 g/mol. The van der Waals surface area contributed by atoms with Gasteiger partial charge in [0.15, 0.2) is 17.6 Å². The molecule has 4 rings (SSSR count). The molecule has 0 amide bonds. The van der Waals surface area contributed by atoms with E-state index in [2.05, 4.69) is 5.10 Å². The Hall–Kier alpha value is -3.78. The van der Waals surface area contributed by atoms with Crippen molar-refractivity contribution in [3.05, 3.63) is 72.1 Å². The molecule has 1 aliphatic rings. The average Bonchev–Trinajstić information content (AvgIpc) is 3.56. The van der Waals surface area contributed by atoms with Gasteiger partial charge in [-0.25, -0.2) is 4.68 Å². The highest BCUT2D eigenvalue weighted by Crippen LogP contribution is 2.41. The first kappa shape index (κ1) is 22.4. The van der Waals surface area contributed by atoms with E-state index >= 15 is 0 Å². The van der Waals surface area contributed by atoms with Crippen LogP contribution in [0.4, 0.5) is 0 Å². The number of hydrogen-bond acceptors (Lipinski definition) is 7. The van der Waals surface area contributed by atoms with Crippen LogP contribution < -0.4 is 14.2 Å². The Balaban J connectivity index is 1.50. The highest BCUT2D eigenvalue weighted by molar-refractivity contribution is 5.90. The number of methoxy groups -OCH3 is 4. The van der Waals surface area contributed by atoms with Crippen molar-refractivity contribution >= 4 is 11.5 Å². The third-order valence-corrected chi connectivity index (χ3v) is 5.51. The standard InChI is InChI=1S/C25H26N2O6/c1-29-21-14-17(15-22(30-2)25(21)32-4)19-10-11-20(33-19)23(28)24(31-3)16-6-8-18(9-7-16)27-13-5-12-26-27/h5-10,12-15,20,24H,11H2,1-4H3. The van der Waals surface area contributed by atoms with Crippen molar-refractivity contribution in [2.75, 3.05) is 28.4 Å². The van der Waals surface area contributed by atoms with E-state index in [1.54, 1.807) is 44.3 Å². The van der Waals surface area contributed by atoms with Crippen molar-refractivity contribution in [1.29, 1.82) is 0 Å². The van der Waals surface area contributed by atoms with Crippen LogP contribution in [0.2, 0.25) is 0 Å². The number of hydrogen-bond donors (Lipinski definition) is 0. The highest BCUT2D eigenvalue weighted by Gasteiger charge is 2.33. The summed E-state index contributed by atoms with van der Waals surface area (Å²) in [5, 5.41) is 4.22. The molecule has 8 nitrogen and oxygen atoms in total. The fraction of sp³-hybridized carbons (Fsp3) is 0.280. The molecule has 0 spiro atoms. The van der Waals surface area contributed by atoms with Gasteiger partial charge in [-0.3, -0.25) is 4.79 Å². The van der Waals surface area contributed by atoms with E-state index in [4.69, 9.17) is 23.7 Å². The number of carbonyl (C=O) groups is 1. The Bertz CT molecular complexity index is 1110. The second kappa shape index (κ2) is 9.79. The second-order valence-electron chi connectivity index (χ2n) is 7.38. The molecule has 2 unspecified atom stereocenters. The van der Waals surface area contributed by atoms with Crippen LogP contribution in [0.1, 0.15) is 23.7 Å². The van der Waals surface area contributed by atoms with Crippen LogP contribution in [0, 0.1) is 0 Å². The van der Waals surface area contributed by atoms with Crippen LogP contribution in [-0.4, -0.2) is 50.1 Å². The Morgan fingerprint density at radius 1 is 1.06 bits per heavy atom. The number of rotatable bonds is 9. The largest absolute Gasteiger partial charge is 0.493 e. The molecular formula is C25H26N2O6. The smallest absolute Gasteiger partial charge is 0.206 e. The van der Waals surface area contributed by atoms with Crippen LogP contribution in [0.25, 0.3) is 11.4 Å². The molecule has 172 valence electrons. The van der Waals surface area contributed by atoms with Gasteiger partial charge in [0.1, 0.15) is 11.9 Å². The zero-order valence-electron chi connectivity index (χ0n) is 19.0. The molecule has 0 saturated carbocycles. The molecule has 0 N–H and O–H groups in total. The SMILES string of the molecule is COc1cc(C2=CCC(C(=O)C(OC)c3ccc(-n4cccn4)cc3)O2)cc(OC)c1OC. The molecule has 0 bridgehead atoms. The molecule has 2 atom stereocenters. The summed E-state index contributed by atoms with van der Waals surface area (Å²) < 4.78 is 29.6. The minimum atomic E-state index is -0.741. The van der Waals surface area contributed by atoms with Gasteiger partial charge in [-0.15, -0.1) is 0 Å². The summed E-state index contributed by atoms with van der Waals surface area (Å²) in [6.07, 6.45) is 4.50. The summed E-state index contributed by atoms with van der Waals surface area (Å²) in [6, 6.07) is 13.0. The maximum Gasteiger partial charge on any atom is 0.206 e. The van der Waals surface area contributed by atoms with Crippen molar-refractivity contribution in [2.24, 2.45) is 0 Å². The molecule has 33 heavy (non-hydrogen) atoms. The van der Waals surface area contributed by atoms with Crippen LogP contribution in [0.3, 0.4) is 0 Å². The first-order valence-corrected chi connectivity index (χ1v) is 10.4. The molecule has 8 heteroatoms. The quantitative estimate of drug-likeness (QED) is 0.488. The predicted octanol–water partition coefficient (Wildman–Crippen LogP) is 3.98. The fourth-order valence-electron chi connectivity index (χ4n) is 3.86. The molecule has 0 saturated heterocycles. The van der Waals surface area contributed by atoms with Crippen molar-refractivity contribution in [2.45, 2.75) is 18.6 Å². The number of ketones is 1. The summed E-state index contributed by atoms with van der Waals surface area (Å²) in [5.74, 6) is 1.95. The Morgan fingerprint density at radius 3 is 2.30 bits per heavy atom. The average molecular weight is 450 g/mol. The lowest BCUT2D eigenvalue weighted by Gasteiger charge is -2.20. The van der Waals surface area contributed by atoms with Gasteiger partial charge in [0.25, 0.3) is 0 Å². The first-order chi connectivity index (χ1) is 16.1. The van der Waals surface area contributed by atoms with Crippen molar-refractivity contribution in [1.82, 2.24) is 9.78 Å². The Kier molecular flexibility index (Phi) is 6.65. The van der Waals surface area contributed by atoms with Gasteiger partial charge in [0.05, 0.1) is 27.0 Å². The van der Waals surface area contributed by atoms with Crippen molar-refractivity contribution in [3.8, 4) is 22.9 Å². The van der Waals surface area contributed by atoms with Crippen LogP contribution in [0.15, 0.2) is 60.9 Å². The maximum absolute atomic E-state index is 13.2. The van der Waals surface area contributed by atoms with Gasteiger partial charge in [0, 0.05) is 31.5 Å². The zero-order chi connectivity index (χ0) is 23.4. The Labute approximate surface area is 192 Å². The third kappa shape index (κ3) is 4.42. The Morgan fingerprint density at radius 2 is 1.76 bits per heavy atom. The van der Waals surface area contributed by atoms with E-state index in [-0.39, 0.29) is 5.78 Å². The number of benzene rings is 2. The van der Waals surface area contributed by atoms with Crippen LogP contribution >= 0.6 is 0 Å². The van der Waals surface area contributed by atoms with E-state index in [9.17, 15) is 4.79 Å². The molecule has 0 fully saturated rings. The molecule has 2 heterocycles. The minimum Gasteiger partial charge on any atom is -0.493 e. The van der Waals surface area contributed by atoms with Crippen LogP contribution in [0.5, 0.6) is 17.2 Å². The molecule has 0 radical (unpaired) electrons. The van der Waals surface area contributed by atoms with E-state index in [0.717, 1.165) is 16.8 Å². The number of Topliss-reactive ketones (excluding diaryl/α,β-unsaturated/α-hetero) is 1. The molecule has 1 aliphatic heterocycles. The van der Waals surface area contributed by atoms with E-state index in [1.807, 2.05) is 42.6 Å². The molecule has 1 aromatic heterocycles. The summed E-state index contributed by atoms with van der Waals surface area (Å²) in [5.41, 5.74) is 2.38. The number of ether oxygens (including phenoxy) is 5. The molecule has 2 aromatic carbocycles. The zero-order valence-corrected chi connectivity index (χ0v) is 19.0. The van der Waals surface area contributed by atoms with Gasteiger partial charge in [0.2, 0.25) is 11.5 Å². The summed E-state index contributed by atoms with van der Waals surface area (Å²) in [4.78, 5) is 13.2. The van der Waals surface area contributed by atoms with Gasteiger partial charge in [-0.05, 0) is 42.0 Å². The maximum atomic E-state index is 13.2. The number of carbonyl (C=O) groups excluding carboxylic acids is 1. The summed E-state index contributed by atoms with van der Waals surface area (Å²) in [7, 11) is 6.18. The van der Waals surface area contributed by atoms with E-state index < -0.39 is 12.2 Å². The molecule has 0 aliphatic carbocycles. The predicted molar refractivity (Wildman–Crippen MR) is 122 cm³/mol. The van der Waals surface area contributed by atoms with Gasteiger partial charge < -0.3 is 23.7 Å². The number of nitrogens with zero attached hydrogens (tertiary/aromatic N) is 2. The summed E-state index contributed by atoms with van der Waals surface area (Å²) in [6.45, 7) is 0. The minimum absolute atomic E-state index is 0.150. The number of aromatic nitrogens is 2. The highest BCUT2D eigenvalue weighted by atomic mass is 16.5. The first-order valence-electron chi connectivity index (χ1n) is 10.4. The fourth-order valence-corrected chi connectivity index (χ4v) is 3.86. The van der Waals surface area contributed by atoms with E-state index in [1.165, 1.54) is 7.11 Å². The van der Waals surface area contributed by atoms with Gasteiger partial charge >= 0.3 is 0 Å². The van der Waals surface area contributed by atoms with Gasteiger partial charge in [-0.1, -0.05) is 12.1 Å². The lowest BCUT2D eigenvalue weighted by atomic mass is 10.0.